The molecule has 0 aromatic heterocycles. The number of carbonyl (C=O) groups is 1. The van der Waals surface area contributed by atoms with Crippen LogP contribution >= 0.6 is 7.82 Å². The summed E-state index contributed by atoms with van der Waals surface area (Å²) in [6, 6.07) is -0.517. The zero-order valence-corrected chi connectivity index (χ0v) is 12.3. The molecule has 0 amide bonds. The molecule has 0 spiro atoms. The summed E-state index contributed by atoms with van der Waals surface area (Å²) in [5, 5.41) is 8.63. The highest BCUT2D eigenvalue weighted by molar-refractivity contribution is 7.47. The van der Waals surface area contributed by atoms with Crippen LogP contribution in [0.25, 0.3) is 0 Å². The maximum absolute atomic E-state index is 11.5. The quantitative estimate of drug-likeness (QED) is 0.411. The van der Waals surface area contributed by atoms with Gasteiger partial charge in [0.25, 0.3) is 0 Å². The Morgan fingerprint density at radius 1 is 1.40 bits per heavy atom. The number of methoxy groups -OCH3 is 1. The van der Waals surface area contributed by atoms with Gasteiger partial charge in [0, 0.05) is 14.2 Å². The summed E-state index contributed by atoms with van der Waals surface area (Å²) < 4.78 is 36.5. The van der Waals surface area contributed by atoms with E-state index in [2.05, 4.69) is 4.52 Å². The maximum atomic E-state index is 11.5. The van der Waals surface area contributed by atoms with E-state index in [-0.39, 0.29) is 6.61 Å². The zero-order valence-electron chi connectivity index (χ0n) is 11.4. The molecule has 5 unspecified atom stereocenters. The highest BCUT2D eigenvalue weighted by Gasteiger charge is 2.47. The Bertz CT molecular complexity index is 378. The lowest BCUT2D eigenvalue weighted by Gasteiger charge is -2.24. The number of carboxylic acid groups (broad SMARTS) is 1. The van der Waals surface area contributed by atoms with E-state index in [4.69, 9.17) is 23.8 Å². The van der Waals surface area contributed by atoms with Gasteiger partial charge in [0.1, 0.15) is 32.8 Å². The molecule has 0 aromatic carbocycles. The van der Waals surface area contributed by atoms with E-state index in [1.165, 1.54) is 7.11 Å². The summed E-state index contributed by atoms with van der Waals surface area (Å²) in [7, 11) is -0.149. The maximum Gasteiger partial charge on any atom is 0.472 e. The number of carboxylic acids is 1. The van der Waals surface area contributed by atoms with Gasteiger partial charge in [-0.2, -0.15) is 0 Å². The SMILES string of the molecule is BC1OC(COC)C(OP(=O)(O)OC)C1OCC(=O)O. The van der Waals surface area contributed by atoms with E-state index in [9.17, 15) is 14.3 Å². The van der Waals surface area contributed by atoms with Gasteiger partial charge in [-0.25, -0.2) is 9.36 Å². The third-order valence-electron chi connectivity index (χ3n) is 2.76. The van der Waals surface area contributed by atoms with Crippen molar-refractivity contribution in [2.24, 2.45) is 0 Å². The van der Waals surface area contributed by atoms with E-state index >= 15 is 0 Å². The first-order valence-corrected chi connectivity index (χ1v) is 7.35. The minimum absolute atomic E-state index is 0.103. The van der Waals surface area contributed by atoms with E-state index < -0.39 is 44.7 Å². The molecule has 2 N–H and O–H groups in total. The third-order valence-corrected chi connectivity index (χ3v) is 3.73. The minimum atomic E-state index is -4.26. The zero-order chi connectivity index (χ0) is 15.3. The average molecular weight is 312 g/mol. The Hall–Kier alpha value is -0.475. The lowest BCUT2D eigenvalue weighted by Crippen LogP contribution is -2.39. The molecule has 1 heterocycles. The standard InChI is InChI=1S/C9H18BO9P/c1-15-3-5-7(19-20(13,14)16-2)8(9(10)18-5)17-4-6(11)12/h5,7-9H,3-4,10H2,1-2H3,(H,11,12)(H,13,14). The van der Waals surface area contributed by atoms with Gasteiger partial charge in [0.2, 0.25) is 0 Å². The summed E-state index contributed by atoms with van der Waals surface area (Å²) in [6.45, 7) is -0.466. The van der Waals surface area contributed by atoms with E-state index in [0.29, 0.717) is 0 Å². The highest BCUT2D eigenvalue weighted by Crippen LogP contribution is 2.46. The van der Waals surface area contributed by atoms with E-state index in [0.717, 1.165) is 7.11 Å². The van der Waals surface area contributed by atoms with Crippen LogP contribution in [0.1, 0.15) is 0 Å². The normalized spacial score (nSPS) is 33.0. The summed E-state index contributed by atoms with van der Waals surface area (Å²) >= 11 is 0. The van der Waals surface area contributed by atoms with Gasteiger partial charge in [0.15, 0.2) is 0 Å². The van der Waals surface area contributed by atoms with Gasteiger partial charge in [-0.15, -0.1) is 0 Å². The van der Waals surface area contributed by atoms with Gasteiger partial charge in [-0.3, -0.25) is 9.05 Å². The summed E-state index contributed by atoms with van der Waals surface area (Å²) in [4.78, 5) is 20.0. The molecule has 0 aliphatic carbocycles. The largest absolute Gasteiger partial charge is 0.480 e. The predicted molar refractivity (Wildman–Crippen MR) is 68.2 cm³/mol. The van der Waals surface area contributed by atoms with Crippen LogP contribution in [0.3, 0.4) is 0 Å². The lowest BCUT2D eigenvalue weighted by molar-refractivity contribution is -0.146. The molecule has 9 nitrogen and oxygen atoms in total. The topological polar surface area (TPSA) is 121 Å². The van der Waals surface area contributed by atoms with Crippen LogP contribution in [0.4, 0.5) is 0 Å². The second kappa shape index (κ2) is 7.51. The summed E-state index contributed by atoms with van der Waals surface area (Å²) in [6.07, 6.45) is -2.45. The molecule has 20 heavy (non-hydrogen) atoms. The fourth-order valence-electron chi connectivity index (χ4n) is 1.93. The first-order chi connectivity index (χ1) is 9.30. The molecule has 1 fully saturated rings. The first-order valence-electron chi connectivity index (χ1n) is 5.85. The number of hydrogen-bond donors (Lipinski definition) is 2. The van der Waals surface area contributed by atoms with Crippen molar-refractivity contribution in [1.82, 2.24) is 0 Å². The fraction of sp³-hybridized carbons (Fsp3) is 0.889. The first kappa shape index (κ1) is 17.6. The molecule has 5 atom stereocenters. The molecule has 0 aromatic rings. The minimum Gasteiger partial charge on any atom is -0.480 e. The molecule has 11 heteroatoms. The van der Waals surface area contributed by atoms with Crippen LogP contribution in [0.2, 0.25) is 0 Å². The second-order valence-corrected chi connectivity index (χ2v) is 5.74. The number of phosphoric acid groups is 1. The van der Waals surface area contributed by atoms with Gasteiger partial charge >= 0.3 is 13.8 Å². The molecule has 0 saturated carbocycles. The predicted octanol–water partition coefficient (Wildman–Crippen LogP) is -1.41. The Morgan fingerprint density at radius 3 is 2.55 bits per heavy atom. The highest BCUT2D eigenvalue weighted by atomic mass is 31.2. The van der Waals surface area contributed by atoms with Gasteiger partial charge < -0.3 is 24.2 Å². The van der Waals surface area contributed by atoms with Crippen LogP contribution in [0.5, 0.6) is 0 Å². The second-order valence-electron chi connectivity index (χ2n) is 4.23. The van der Waals surface area contributed by atoms with Crippen molar-refractivity contribution < 1.29 is 42.6 Å². The van der Waals surface area contributed by atoms with Gasteiger partial charge in [-0.1, -0.05) is 0 Å². The smallest absolute Gasteiger partial charge is 0.472 e. The van der Waals surface area contributed by atoms with Crippen LogP contribution in [-0.4, -0.2) is 75.6 Å². The Labute approximate surface area is 117 Å². The number of phosphoric ester groups is 1. The lowest BCUT2D eigenvalue weighted by atomic mass is 9.93. The number of rotatable bonds is 8. The van der Waals surface area contributed by atoms with Crippen molar-refractivity contribution in [3.63, 3.8) is 0 Å². The van der Waals surface area contributed by atoms with E-state index in [1.807, 2.05) is 0 Å². The molecular weight excluding hydrogens is 294 g/mol. The third kappa shape index (κ3) is 4.82. The summed E-state index contributed by atoms with van der Waals surface area (Å²) in [5.41, 5.74) is 0. The van der Waals surface area contributed by atoms with Crippen LogP contribution < -0.4 is 0 Å². The average Bonchev–Trinajstić information content (AvgIpc) is 2.63. The van der Waals surface area contributed by atoms with Crippen molar-refractivity contribution >= 4 is 21.6 Å². The number of hydrogen-bond acceptors (Lipinski definition) is 7. The van der Waals surface area contributed by atoms with E-state index in [1.54, 1.807) is 7.85 Å². The molecule has 0 bridgehead atoms. The molecule has 0 radical (unpaired) electrons. The molecule has 1 aliphatic heterocycles. The van der Waals surface area contributed by atoms with Crippen molar-refractivity contribution in [2.45, 2.75) is 24.3 Å². The van der Waals surface area contributed by atoms with Gasteiger partial charge in [0.05, 0.1) is 12.6 Å². The van der Waals surface area contributed by atoms with Crippen molar-refractivity contribution in [2.75, 3.05) is 27.4 Å². The molecule has 116 valence electrons. The Balaban J connectivity index is 2.81. The molecule has 1 saturated heterocycles. The number of ether oxygens (including phenoxy) is 3. The van der Waals surface area contributed by atoms with Crippen molar-refractivity contribution in [1.29, 1.82) is 0 Å². The van der Waals surface area contributed by atoms with Crippen molar-refractivity contribution in [3.8, 4) is 0 Å². The fourth-order valence-corrected chi connectivity index (χ4v) is 2.58. The monoisotopic (exact) mass is 312 g/mol. The molecule has 1 rings (SSSR count). The Kier molecular flexibility index (Phi) is 6.60. The van der Waals surface area contributed by atoms with Gasteiger partial charge in [-0.05, 0) is 0 Å². The van der Waals surface area contributed by atoms with Crippen molar-refractivity contribution in [3.05, 3.63) is 0 Å². The Morgan fingerprint density at radius 2 is 2.05 bits per heavy atom. The number of aliphatic carboxylic acids is 1. The van der Waals surface area contributed by atoms with Crippen LogP contribution in [0, 0.1) is 0 Å². The summed E-state index contributed by atoms with van der Waals surface area (Å²) in [5.74, 6) is -1.16. The molecule has 1 aliphatic rings. The van der Waals surface area contributed by atoms with Crippen LogP contribution in [0.15, 0.2) is 0 Å². The molecular formula is C9H18BO9P. The van der Waals surface area contributed by atoms with Crippen LogP contribution in [-0.2, 0) is 32.6 Å².